The summed E-state index contributed by atoms with van der Waals surface area (Å²) < 4.78 is 107. The Hall–Kier alpha value is -4.25. The first-order valence-electron chi connectivity index (χ1n) is 12.2. The van der Waals surface area contributed by atoms with Gasteiger partial charge in [-0.05, 0) is 68.8 Å². The average Bonchev–Trinajstić information content (AvgIpc) is 3.50. The summed E-state index contributed by atoms with van der Waals surface area (Å²) in [5.74, 6) is 1.21. The van der Waals surface area contributed by atoms with Gasteiger partial charge >= 0.3 is 6.36 Å². The van der Waals surface area contributed by atoms with Gasteiger partial charge < -0.3 is 18.5 Å². The van der Waals surface area contributed by atoms with Crippen LogP contribution in [0.5, 0.6) is 11.5 Å². The summed E-state index contributed by atoms with van der Waals surface area (Å²) in [5, 5.41) is 7.06. The minimum atomic E-state index is -4.84. The molecule has 42 heavy (non-hydrogen) atoms. The quantitative estimate of drug-likeness (QED) is 0.198. The van der Waals surface area contributed by atoms with Crippen molar-refractivity contribution in [3.05, 3.63) is 72.2 Å². The van der Waals surface area contributed by atoms with Gasteiger partial charge in [-0.15, -0.1) is 13.2 Å². The molecule has 0 amide bonds. The Bertz CT molecular complexity index is 1650. The van der Waals surface area contributed by atoms with Gasteiger partial charge in [0.2, 0.25) is 0 Å². The number of rotatable bonds is 11. The highest BCUT2D eigenvalue weighted by Gasteiger charge is 2.31. The number of ether oxygens (including phenoxy) is 2. The van der Waals surface area contributed by atoms with E-state index in [0.717, 1.165) is 37.1 Å². The average molecular weight is 633 g/mol. The first-order chi connectivity index (χ1) is 19.7. The minimum absolute atomic E-state index is 0.0249. The van der Waals surface area contributed by atoms with Crippen molar-refractivity contribution in [1.29, 1.82) is 0 Å². The van der Waals surface area contributed by atoms with Crippen LogP contribution < -0.4 is 18.9 Å². The molecule has 0 spiro atoms. The highest BCUT2D eigenvalue weighted by molar-refractivity contribution is 7.93. The molecule has 0 radical (unpaired) electrons. The van der Waals surface area contributed by atoms with Gasteiger partial charge in [0.05, 0.1) is 16.4 Å². The Morgan fingerprint density at radius 3 is 1.55 bits per heavy atom. The van der Waals surface area contributed by atoms with Crippen molar-refractivity contribution in [2.24, 2.45) is 0 Å². The topological polar surface area (TPSA) is 163 Å². The third-order valence-corrected chi connectivity index (χ3v) is 7.74. The molecular formula is C25H27F3N4O8S2. The van der Waals surface area contributed by atoms with Crippen molar-refractivity contribution in [1.82, 2.24) is 10.3 Å². The third-order valence-electron chi connectivity index (χ3n) is 5.00. The monoisotopic (exact) mass is 632 g/mol. The first kappa shape index (κ1) is 32.3. The normalized spacial score (nSPS) is 11.8. The van der Waals surface area contributed by atoms with Crippen LogP contribution in [0.25, 0.3) is 0 Å². The number of unbranched alkanes of at least 4 members (excludes halogenated alkanes) is 1. The van der Waals surface area contributed by atoms with Crippen LogP contribution in [-0.2, 0) is 20.0 Å². The summed E-state index contributed by atoms with van der Waals surface area (Å²) in [6, 6.07) is 12.9. The van der Waals surface area contributed by atoms with Crippen LogP contribution in [0.2, 0.25) is 0 Å². The molecule has 0 saturated heterocycles. The SMILES string of the molecule is CCCCOc1ccc(S(=O)(=O)Nc2cc(C)on2)cc1.Cc1cc(NS(=O)(=O)c2ccc(OC(F)(F)F)cc2)no1. The van der Waals surface area contributed by atoms with Crippen LogP contribution in [0.4, 0.5) is 24.8 Å². The molecule has 4 aromatic rings. The van der Waals surface area contributed by atoms with Crippen LogP contribution in [0.15, 0.2) is 79.5 Å². The van der Waals surface area contributed by atoms with Crippen molar-refractivity contribution >= 4 is 31.7 Å². The summed E-state index contributed by atoms with van der Waals surface area (Å²) in [7, 11) is -7.64. The molecule has 0 unspecified atom stereocenters. The van der Waals surface area contributed by atoms with E-state index >= 15 is 0 Å². The van der Waals surface area contributed by atoms with Gasteiger partial charge in [0.15, 0.2) is 11.6 Å². The third kappa shape index (κ3) is 9.99. The van der Waals surface area contributed by atoms with Crippen LogP contribution in [-0.4, -0.2) is 40.1 Å². The van der Waals surface area contributed by atoms with E-state index in [1.807, 2.05) is 0 Å². The number of anilines is 2. The molecular weight excluding hydrogens is 605 g/mol. The molecule has 0 aliphatic carbocycles. The largest absolute Gasteiger partial charge is 0.573 e. The van der Waals surface area contributed by atoms with E-state index in [1.54, 1.807) is 26.0 Å². The molecule has 0 aliphatic rings. The Morgan fingerprint density at radius 1 is 0.762 bits per heavy atom. The highest BCUT2D eigenvalue weighted by atomic mass is 32.2. The zero-order valence-electron chi connectivity index (χ0n) is 22.5. The molecule has 0 bridgehead atoms. The Balaban J connectivity index is 0.000000230. The second kappa shape index (κ2) is 13.6. The summed E-state index contributed by atoms with van der Waals surface area (Å²) in [5.41, 5.74) is 0. The molecule has 0 saturated carbocycles. The number of nitrogens with one attached hydrogen (secondary N) is 2. The Kier molecular flexibility index (Phi) is 10.5. The maximum Gasteiger partial charge on any atom is 0.573 e. The van der Waals surface area contributed by atoms with E-state index in [9.17, 15) is 30.0 Å². The lowest BCUT2D eigenvalue weighted by Crippen LogP contribution is -2.17. The lowest BCUT2D eigenvalue weighted by Gasteiger charge is -2.09. The zero-order chi connectivity index (χ0) is 31.0. The summed E-state index contributed by atoms with van der Waals surface area (Å²) in [4.78, 5) is -0.0938. The fraction of sp³-hybridized carbons (Fsp3) is 0.280. The molecule has 228 valence electrons. The smallest absolute Gasteiger partial charge is 0.494 e. The molecule has 2 heterocycles. The minimum Gasteiger partial charge on any atom is -0.494 e. The number of hydrogen-bond donors (Lipinski definition) is 2. The van der Waals surface area contributed by atoms with Gasteiger partial charge in [0.25, 0.3) is 20.0 Å². The maximum atomic E-state index is 12.1. The van der Waals surface area contributed by atoms with Crippen molar-refractivity contribution < 1.29 is 48.5 Å². The van der Waals surface area contributed by atoms with Gasteiger partial charge in [-0.25, -0.2) is 16.8 Å². The van der Waals surface area contributed by atoms with E-state index < -0.39 is 32.2 Å². The molecule has 4 rings (SSSR count). The van der Waals surface area contributed by atoms with E-state index in [-0.39, 0.29) is 21.4 Å². The van der Waals surface area contributed by atoms with Gasteiger partial charge in [0.1, 0.15) is 23.0 Å². The molecule has 0 aliphatic heterocycles. The van der Waals surface area contributed by atoms with Crippen LogP contribution in [0, 0.1) is 13.8 Å². The molecule has 2 N–H and O–H groups in total. The van der Waals surface area contributed by atoms with Gasteiger partial charge in [-0.2, -0.15) is 0 Å². The Labute approximate surface area is 239 Å². The zero-order valence-corrected chi connectivity index (χ0v) is 24.1. The number of hydrogen-bond acceptors (Lipinski definition) is 10. The van der Waals surface area contributed by atoms with Gasteiger partial charge in [-0.1, -0.05) is 23.7 Å². The van der Waals surface area contributed by atoms with Crippen LogP contribution in [0.3, 0.4) is 0 Å². The van der Waals surface area contributed by atoms with Crippen molar-refractivity contribution in [3.63, 3.8) is 0 Å². The maximum absolute atomic E-state index is 12.1. The fourth-order valence-corrected chi connectivity index (χ4v) is 5.06. The van der Waals surface area contributed by atoms with Crippen molar-refractivity contribution in [3.8, 4) is 11.5 Å². The molecule has 2 aromatic carbocycles. The van der Waals surface area contributed by atoms with Gasteiger partial charge in [-0.3, -0.25) is 9.44 Å². The molecule has 2 aromatic heterocycles. The second-order valence-electron chi connectivity index (χ2n) is 8.55. The number of aryl methyl sites for hydroxylation is 2. The summed E-state index contributed by atoms with van der Waals surface area (Å²) >= 11 is 0. The van der Waals surface area contributed by atoms with Crippen molar-refractivity contribution in [2.45, 2.75) is 49.8 Å². The summed E-state index contributed by atoms with van der Waals surface area (Å²) in [6.07, 6.45) is -2.82. The number of nitrogens with zero attached hydrogens (tertiary/aromatic N) is 2. The Morgan fingerprint density at radius 2 is 1.19 bits per heavy atom. The summed E-state index contributed by atoms with van der Waals surface area (Å²) in [6.45, 7) is 5.97. The molecule has 17 heteroatoms. The molecule has 0 fully saturated rings. The van der Waals surface area contributed by atoms with E-state index in [1.165, 1.54) is 24.3 Å². The van der Waals surface area contributed by atoms with Crippen LogP contribution >= 0.6 is 0 Å². The number of alkyl halides is 3. The van der Waals surface area contributed by atoms with Crippen LogP contribution in [0.1, 0.15) is 31.3 Å². The van der Waals surface area contributed by atoms with E-state index in [0.29, 0.717) is 23.9 Å². The lowest BCUT2D eigenvalue weighted by molar-refractivity contribution is -0.274. The van der Waals surface area contributed by atoms with Gasteiger partial charge in [0, 0.05) is 12.1 Å². The van der Waals surface area contributed by atoms with Crippen molar-refractivity contribution in [2.75, 3.05) is 16.1 Å². The second-order valence-corrected chi connectivity index (χ2v) is 11.9. The number of benzene rings is 2. The predicted octanol–water partition coefficient (Wildman–Crippen LogP) is 5.65. The number of aromatic nitrogens is 2. The molecule has 12 nitrogen and oxygen atoms in total. The van der Waals surface area contributed by atoms with E-state index in [2.05, 4.69) is 31.4 Å². The lowest BCUT2D eigenvalue weighted by atomic mass is 10.3. The standard InChI is InChI=1S/C14H18N2O4S.C11H9F3N2O4S/c1-3-4-9-19-12-5-7-13(8-6-12)21(17,18)16-14-10-11(2)20-15-14;1-7-6-10(15-20-7)16-21(17,18)9-4-2-8(3-5-9)19-11(12,13)14/h5-8,10H,3-4,9H2,1-2H3,(H,15,16);2-6H,1H3,(H,15,16). The molecule has 0 atom stereocenters. The van der Waals surface area contributed by atoms with E-state index in [4.69, 9.17) is 13.8 Å². The fourth-order valence-electron chi connectivity index (χ4n) is 3.09. The first-order valence-corrected chi connectivity index (χ1v) is 15.1. The highest BCUT2D eigenvalue weighted by Crippen LogP contribution is 2.25. The number of sulfonamides is 2. The number of halogens is 3. The predicted molar refractivity (Wildman–Crippen MR) is 144 cm³/mol.